The van der Waals surface area contributed by atoms with Crippen molar-refractivity contribution in [1.29, 1.82) is 0 Å². The lowest BCUT2D eigenvalue weighted by molar-refractivity contribution is 0.587. The van der Waals surface area contributed by atoms with Gasteiger partial charge in [-0.2, -0.15) is 0 Å². The number of benzene rings is 1. The molecule has 0 aliphatic heterocycles. The third-order valence-electron chi connectivity index (χ3n) is 3.03. The van der Waals surface area contributed by atoms with E-state index in [1.54, 1.807) is 55.5 Å². The number of hydrogen-bond acceptors (Lipinski definition) is 3. The van der Waals surface area contributed by atoms with Crippen LogP contribution in [-0.4, -0.2) is 17.4 Å². The number of nitrogens with zero attached hydrogens (tertiary/aromatic N) is 2. The molecule has 3 rings (SSSR count). The molecule has 0 aliphatic rings. The zero-order valence-electron chi connectivity index (χ0n) is 10.6. The van der Waals surface area contributed by atoms with Crippen LogP contribution in [0.1, 0.15) is 5.69 Å². The standard InChI is InChI=1S/C14H11ClN2O2S/c1-10-9-11-7-8-13(15)16-14(11)17(10)20(18,19)12-5-3-2-4-6-12/h2-9H,1H3. The van der Waals surface area contributed by atoms with Gasteiger partial charge in [0.2, 0.25) is 0 Å². The van der Waals surface area contributed by atoms with Gasteiger partial charge in [-0.15, -0.1) is 0 Å². The topological polar surface area (TPSA) is 52.0 Å². The minimum atomic E-state index is -3.67. The molecule has 20 heavy (non-hydrogen) atoms. The third-order valence-corrected chi connectivity index (χ3v) is 5.05. The van der Waals surface area contributed by atoms with E-state index >= 15 is 0 Å². The molecule has 0 N–H and O–H groups in total. The van der Waals surface area contributed by atoms with E-state index in [1.165, 1.54) is 3.97 Å². The van der Waals surface area contributed by atoms with Crippen LogP contribution in [0, 0.1) is 6.92 Å². The van der Waals surface area contributed by atoms with Crippen LogP contribution in [0.15, 0.2) is 53.4 Å². The Hall–Kier alpha value is -1.85. The normalized spacial score (nSPS) is 11.9. The first kappa shape index (κ1) is 13.1. The van der Waals surface area contributed by atoms with Crippen molar-refractivity contribution in [2.45, 2.75) is 11.8 Å². The summed E-state index contributed by atoms with van der Waals surface area (Å²) in [6, 6.07) is 13.4. The average molecular weight is 307 g/mol. The van der Waals surface area contributed by atoms with Crippen LogP contribution in [0.25, 0.3) is 11.0 Å². The van der Waals surface area contributed by atoms with E-state index < -0.39 is 10.0 Å². The van der Waals surface area contributed by atoms with Crippen molar-refractivity contribution in [3.63, 3.8) is 0 Å². The van der Waals surface area contributed by atoms with Crippen molar-refractivity contribution in [3.8, 4) is 0 Å². The van der Waals surface area contributed by atoms with E-state index in [0.29, 0.717) is 11.3 Å². The molecule has 0 amide bonds. The minimum Gasteiger partial charge on any atom is -0.221 e. The minimum absolute atomic E-state index is 0.224. The van der Waals surface area contributed by atoms with Gasteiger partial charge in [0, 0.05) is 11.1 Å². The van der Waals surface area contributed by atoms with Crippen LogP contribution in [-0.2, 0) is 10.0 Å². The number of fused-ring (bicyclic) bond motifs is 1. The summed E-state index contributed by atoms with van der Waals surface area (Å²) in [5, 5.41) is 1.01. The first-order valence-electron chi connectivity index (χ1n) is 5.95. The lowest BCUT2D eigenvalue weighted by Gasteiger charge is -2.09. The summed E-state index contributed by atoms with van der Waals surface area (Å²) in [6.07, 6.45) is 0. The van der Waals surface area contributed by atoms with Crippen molar-refractivity contribution in [1.82, 2.24) is 8.96 Å². The van der Waals surface area contributed by atoms with Gasteiger partial charge in [0.25, 0.3) is 10.0 Å². The fraction of sp³-hybridized carbons (Fsp3) is 0.0714. The Morgan fingerprint density at radius 2 is 1.80 bits per heavy atom. The molecule has 0 spiro atoms. The van der Waals surface area contributed by atoms with E-state index in [-0.39, 0.29) is 10.0 Å². The van der Waals surface area contributed by atoms with Crippen LogP contribution < -0.4 is 0 Å². The van der Waals surface area contributed by atoms with E-state index in [0.717, 1.165) is 5.39 Å². The monoisotopic (exact) mass is 306 g/mol. The van der Waals surface area contributed by atoms with Gasteiger partial charge in [0.15, 0.2) is 5.65 Å². The van der Waals surface area contributed by atoms with Gasteiger partial charge in [-0.1, -0.05) is 29.8 Å². The first-order chi connectivity index (χ1) is 9.50. The Morgan fingerprint density at radius 1 is 1.10 bits per heavy atom. The summed E-state index contributed by atoms with van der Waals surface area (Å²) in [4.78, 5) is 4.36. The van der Waals surface area contributed by atoms with Crippen LogP contribution in [0.4, 0.5) is 0 Å². The Balaban J connectivity index is 2.35. The summed E-state index contributed by atoms with van der Waals surface area (Å²) < 4.78 is 26.7. The number of halogens is 1. The summed E-state index contributed by atoms with van der Waals surface area (Å²) in [6.45, 7) is 1.73. The molecular formula is C14H11ClN2O2S. The quantitative estimate of drug-likeness (QED) is 0.683. The Bertz CT molecular complexity index is 886. The van der Waals surface area contributed by atoms with Crippen molar-refractivity contribution in [2.75, 3.05) is 0 Å². The molecule has 0 saturated heterocycles. The van der Waals surface area contributed by atoms with E-state index in [4.69, 9.17) is 11.6 Å². The van der Waals surface area contributed by atoms with Gasteiger partial charge < -0.3 is 0 Å². The molecule has 0 radical (unpaired) electrons. The second-order valence-corrected chi connectivity index (χ2v) is 6.59. The molecule has 3 aromatic rings. The second-order valence-electron chi connectivity index (χ2n) is 4.42. The van der Waals surface area contributed by atoms with Crippen LogP contribution in [0.3, 0.4) is 0 Å². The fourth-order valence-electron chi connectivity index (χ4n) is 2.16. The summed E-state index contributed by atoms with van der Waals surface area (Å²) in [5.41, 5.74) is 0.942. The highest BCUT2D eigenvalue weighted by Crippen LogP contribution is 2.25. The van der Waals surface area contributed by atoms with Crippen molar-refractivity contribution < 1.29 is 8.42 Å². The number of rotatable bonds is 2. The molecule has 102 valence electrons. The average Bonchev–Trinajstić information content (AvgIpc) is 2.75. The lowest BCUT2D eigenvalue weighted by Crippen LogP contribution is -2.14. The van der Waals surface area contributed by atoms with Crippen LogP contribution in [0.5, 0.6) is 0 Å². The van der Waals surface area contributed by atoms with Crippen molar-refractivity contribution >= 4 is 32.7 Å². The Kier molecular flexibility index (Phi) is 3.03. The molecule has 0 bridgehead atoms. The molecule has 2 heterocycles. The number of aromatic nitrogens is 2. The van der Waals surface area contributed by atoms with Crippen LogP contribution >= 0.6 is 11.6 Å². The maximum Gasteiger partial charge on any atom is 0.269 e. The Labute approximate surface area is 121 Å². The van der Waals surface area contributed by atoms with E-state index in [9.17, 15) is 8.42 Å². The molecule has 6 heteroatoms. The van der Waals surface area contributed by atoms with E-state index in [2.05, 4.69) is 4.98 Å². The highest BCUT2D eigenvalue weighted by molar-refractivity contribution is 7.90. The second kappa shape index (κ2) is 4.61. The predicted molar refractivity (Wildman–Crippen MR) is 78.5 cm³/mol. The molecule has 0 fully saturated rings. The lowest BCUT2D eigenvalue weighted by atomic mass is 10.3. The Morgan fingerprint density at radius 3 is 2.50 bits per heavy atom. The molecule has 0 saturated carbocycles. The summed E-state index contributed by atoms with van der Waals surface area (Å²) >= 11 is 5.88. The zero-order valence-corrected chi connectivity index (χ0v) is 12.2. The molecule has 1 aromatic carbocycles. The van der Waals surface area contributed by atoms with Gasteiger partial charge in [0.1, 0.15) is 5.15 Å². The predicted octanol–water partition coefficient (Wildman–Crippen LogP) is 3.24. The van der Waals surface area contributed by atoms with Gasteiger partial charge >= 0.3 is 0 Å². The third kappa shape index (κ3) is 1.99. The van der Waals surface area contributed by atoms with Crippen molar-refractivity contribution in [3.05, 3.63) is 59.4 Å². The van der Waals surface area contributed by atoms with Gasteiger partial charge in [0.05, 0.1) is 4.90 Å². The van der Waals surface area contributed by atoms with Crippen molar-refractivity contribution in [2.24, 2.45) is 0 Å². The van der Waals surface area contributed by atoms with Gasteiger partial charge in [-0.3, -0.25) is 0 Å². The maximum absolute atomic E-state index is 12.7. The number of hydrogen-bond donors (Lipinski definition) is 0. The SMILES string of the molecule is Cc1cc2ccc(Cl)nc2n1S(=O)(=O)c1ccccc1. The molecule has 0 atom stereocenters. The highest BCUT2D eigenvalue weighted by atomic mass is 35.5. The fourth-order valence-corrected chi connectivity index (χ4v) is 3.82. The maximum atomic E-state index is 12.7. The number of aryl methyl sites for hydroxylation is 1. The number of pyridine rings is 1. The zero-order chi connectivity index (χ0) is 14.3. The van der Waals surface area contributed by atoms with Gasteiger partial charge in [-0.25, -0.2) is 17.4 Å². The van der Waals surface area contributed by atoms with Crippen LogP contribution in [0.2, 0.25) is 5.15 Å². The summed E-state index contributed by atoms with van der Waals surface area (Å²) in [5.74, 6) is 0. The van der Waals surface area contributed by atoms with Gasteiger partial charge in [-0.05, 0) is 37.3 Å². The molecule has 2 aromatic heterocycles. The molecule has 4 nitrogen and oxygen atoms in total. The molecule has 0 unspecified atom stereocenters. The molecule has 0 aliphatic carbocycles. The largest absolute Gasteiger partial charge is 0.269 e. The van der Waals surface area contributed by atoms with E-state index in [1.807, 2.05) is 0 Å². The molecular weight excluding hydrogens is 296 g/mol. The summed E-state index contributed by atoms with van der Waals surface area (Å²) in [7, 11) is -3.67. The first-order valence-corrected chi connectivity index (χ1v) is 7.77. The highest BCUT2D eigenvalue weighted by Gasteiger charge is 2.22. The smallest absolute Gasteiger partial charge is 0.221 e.